The Morgan fingerprint density at radius 1 is 1.07 bits per heavy atom. The molecule has 0 spiro atoms. The fourth-order valence-electron chi connectivity index (χ4n) is 3.77. The monoisotopic (exact) mass is 398 g/mol. The number of aryl methyl sites for hydroxylation is 1. The molecule has 0 bridgehead atoms. The van der Waals surface area contributed by atoms with Crippen molar-refractivity contribution in [1.82, 2.24) is 0 Å². The number of rotatable bonds is 8. The van der Waals surface area contributed by atoms with Crippen LogP contribution >= 0.6 is 0 Å². The molecular formula is C23H36F2O3. The third kappa shape index (κ3) is 5.82. The van der Waals surface area contributed by atoms with Crippen LogP contribution in [0.25, 0.3) is 0 Å². The summed E-state index contributed by atoms with van der Waals surface area (Å²) < 4.78 is 40.7. The third-order valence-electron chi connectivity index (χ3n) is 5.61. The molecule has 1 aromatic carbocycles. The SMILES string of the molecule is CCCCOC1CCC(C(F)(F)Oc2cc(CC)c(O)c(C(C)(C)C)c2)CC1. The number of phenolic OH excluding ortho intramolecular Hbond substituents is 1. The van der Waals surface area contributed by atoms with Crippen LogP contribution in [0.3, 0.4) is 0 Å². The molecule has 1 N–H and O–H groups in total. The van der Waals surface area contributed by atoms with Gasteiger partial charge in [0.1, 0.15) is 11.5 Å². The third-order valence-corrected chi connectivity index (χ3v) is 5.61. The molecule has 1 aliphatic carbocycles. The van der Waals surface area contributed by atoms with Crippen molar-refractivity contribution in [1.29, 1.82) is 0 Å². The summed E-state index contributed by atoms with van der Waals surface area (Å²) in [5, 5.41) is 10.5. The van der Waals surface area contributed by atoms with Crippen molar-refractivity contribution >= 4 is 0 Å². The van der Waals surface area contributed by atoms with Gasteiger partial charge in [0.2, 0.25) is 0 Å². The first-order chi connectivity index (χ1) is 13.1. The standard InChI is InChI=1S/C23H36F2O3/c1-6-8-13-27-18-11-9-17(10-12-18)23(24,25)28-19-14-16(7-2)21(26)20(15-19)22(3,4)5/h14-15,17-18,26H,6-13H2,1-5H3. The van der Waals surface area contributed by atoms with E-state index in [2.05, 4.69) is 6.92 Å². The Bertz CT molecular complexity index is 629. The van der Waals surface area contributed by atoms with Gasteiger partial charge in [-0.2, -0.15) is 8.78 Å². The van der Waals surface area contributed by atoms with Gasteiger partial charge < -0.3 is 14.6 Å². The second kappa shape index (κ2) is 9.43. The van der Waals surface area contributed by atoms with E-state index in [1.807, 2.05) is 27.7 Å². The summed E-state index contributed by atoms with van der Waals surface area (Å²) in [6.45, 7) is 10.6. The molecule has 1 fully saturated rings. The highest BCUT2D eigenvalue weighted by Crippen LogP contribution is 2.42. The average molecular weight is 399 g/mol. The Morgan fingerprint density at radius 2 is 1.71 bits per heavy atom. The van der Waals surface area contributed by atoms with E-state index >= 15 is 0 Å². The molecule has 1 aliphatic rings. The maximum Gasteiger partial charge on any atom is 0.400 e. The summed E-state index contributed by atoms with van der Waals surface area (Å²) in [5.74, 6) is -0.503. The van der Waals surface area contributed by atoms with E-state index in [0.29, 0.717) is 49.8 Å². The lowest BCUT2D eigenvalue weighted by Crippen LogP contribution is -2.38. The summed E-state index contributed by atoms with van der Waals surface area (Å²) in [7, 11) is 0. The van der Waals surface area contributed by atoms with Gasteiger partial charge >= 0.3 is 6.11 Å². The van der Waals surface area contributed by atoms with E-state index < -0.39 is 12.0 Å². The molecule has 28 heavy (non-hydrogen) atoms. The number of alkyl halides is 2. The fraction of sp³-hybridized carbons (Fsp3) is 0.739. The molecule has 1 aromatic rings. The Kier molecular flexibility index (Phi) is 7.72. The smallest absolute Gasteiger partial charge is 0.400 e. The summed E-state index contributed by atoms with van der Waals surface area (Å²) in [6.07, 6.45) is 1.59. The van der Waals surface area contributed by atoms with Crippen molar-refractivity contribution in [2.24, 2.45) is 5.92 Å². The molecule has 0 aliphatic heterocycles. The van der Waals surface area contributed by atoms with E-state index in [0.717, 1.165) is 12.8 Å². The Morgan fingerprint density at radius 3 is 2.25 bits per heavy atom. The molecule has 0 aromatic heterocycles. The topological polar surface area (TPSA) is 38.7 Å². The van der Waals surface area contributed by atoms with Gasteiger partial charge in [-0.1, -0.05) is 41.0 Å². The minimum absolute atomic E-state index is 0.0893. The average Bonchev–Trinajstić information content (AvgIpc) is 2.62. The molecule has 0 saturated heterocycles. The number of halogens is 2. The van der Waals surface area contributed by atoms with Gasteiger partial charge in [-0.15, -0.1) is 0 Å². The molecule has 1 saturated carbocycles. The van der Waals surface area contributed by atoms with Gasteiger partial charge in [0.05, 0.1) is 12.0 Å². The number of hydrogen-bond donors (Lipinski definition) is 1. The zero-order chi connectivity index (χ0) is 20.9. The van der Waals surface area contributed by atoms with Crippen molar-refractivity contribution in [2.45, 2.75) is 97.2 Å². The van der Waals surface area contributed by atoms with Crippen molar-refractivity contribution in [3.63, 3.8) is 0 Å². The highest BCUT2D eigenvalue weighted by atomic mass is 19.3. The molecule has 5 heteroatoms. The van der Waals surface area contributed by atoms with Crippen molar-refractivity contribution in [3.05, 3.63) is 23.3 Å². The molecule has 0 atom stereocenters. The maximum absolute atomic E-state index is 14.9. The van der Waals surface area contributed by atoms with E-state index in [-0.39, 0.29) is 23.0 Å². The minimum Gasteiger partial charge on any atom is -0.507 e. The first kappa shape index (κ1) is 22.9. The largest absolute Gasteiger partial charge is 0.507 e. The first-order valence-corrected chi connectivity index (χ1v) is 10.6. The highest BCUT2D eigenvalue weighted by Gasteiger charge is 2.44. The lowest BCUT2D eigenvalue weighted by Gasteiger charge is -2.33. The fourth-order valence-corrected chi connectivity index (χ4v) is 3.77. The first-order valence-electron chi connectivity index (χ1n) is 10.6. The van der Waals surface area contributed by atoms with Crippen molar-refractivity contribution in [3.8, 4) is 11.5 Å². The van der Waals surface area contributed by atoms with Gasteiger partial charge in [0.25, 0.3) is 0 Å². The van der Waals surface area contributed by atoms with E-state index in [1.54, 1.807) is 6.07 Å². The molecule has 0 heterocycles. The lowest BCUT2D eigenvalue weighted by atomic mass is 9.84. The van der Waals surface area contributed by atoms with Gasteiger partial charge in [-0.05, 0) is 61.6 Å². The lowest BCUT2D eigenvalue weighted by molar-refractivity contribution is -0.225. The van der Waals surface area contributed by atoms with Crippen LogP contribution in [0, 0.1) is 5.92 Å². The number of phenols is 1. The van der Waals surface area contributed by atoms with Crippen molar-refractivity contribution < 1.29 is 23.4 Å². The molecule has 0 unspecified atom stereocenters. The predicted molar refractivity (Wildman–Crippen MR) is 108 cm³/mol. The molecular weight excluding hydrogens is 362 g/mol. The predicted octanol–water partition coefficient (Wildman–Crippen LogP) is 6.60. The van der Waals surface area contributed by atoms with E-state index in [9.17, 15) is 13.9 Å². The summed E-state index contributed by atoms with van der Waals surface area (Å²) in [4.78, 5) is 0. The summed E-state index contributed by atoms with van der Waals surface area (Å²) >= 11 is 0. The number of benzene rings is 1. The zero-order valence-corrected chi connectivity index (χ0v) is 18.0. The van der Waals surface area contributed by atoms with Gasteiger partial charge in [-0.3, -0.25) is 0 Å². The van der Waals surface area contributed by atoms with Crippen LogP contribution in [0.1, 0.15) is 84.3 Å². The van der Waals surface area contributed by atoms with Crippen LogP contribution in [0.2, 0.25) is 0 Å². The molecule has 160 valence electrons. The number of unbranched alkanes of at least 4 members (excludes halogenated alkanes) is 1. The molecule has 0 radical (unpaired) electrons. The summed E-state index contributed by atoms with van der Waals surface area (Å²) in [6, 6.07) is 3.10. The van der Waals surface area contributed by atoms with Crippen LogP contribution in [0.5, 0.6) is 11.5 Å². The summed E-state index contributed by atoms with van der Waals surface area (Å²) in [5.41, 5.74) is 0.897. The van der Waals surface area contributed by atoms with Crippen LogP contribution in [0.15, 0.2) is 12.1 Å². The van der Waals surface area contributed by atoms with Crippen LogP contribution in [0.4, 0.5) is 8.78 Å². The molecule has 3 nitrogen and oxygen atoms in total. The van der Waals surface area contributed by atoms with Gasteiger partial charge in [-0.25, -0.2) is 0 Å². The maximum atomic E-state index is 14.9. The Hall–Kier alpha value is -1.36. The van der Waals surface area contributed by atoms with Crippen LogP contribution in [-0.2, 0) is 16.6 Å². The Balaban J connectivity index is 2.08. The second-order valence-corrected chi connectivity index (χ2v) is 8.94. The minimum atomic E-state index is -3.23. The molecule has 2 rings (SSSR count). The number of ether oxygens (including phenoxy) is 2. The Labute approximate surface area is 168 Å². The van der Waals surface area contributed by atoms with Crippen LogP contribution < -0.4 is 4.74 Å². The quantitative estimate of drug-likeness (QED) is 0.501. The number of aromatic hydroxyl groups is 1. The number of hydrogen-bond acceptors (Lipinski definition) is 3. The normalized spacial score (nSPS) is 21.0. The zero-order valence-electron chi connectivity index (χ0n) is 18.0. The van der Waals surface area contributed by atoms with E-state index in [4.69, 9.17) is 9.47 Å². The van der Waals surface area contributed by atoms with Crippen LogP contribution in [-0.4, -0.2) is 23.9 Å². The highest BCUT2D eigenvalue weighted by molar-refractivity contribution is 5.49. The second-order valence-electron chi connectivity index (χ2n) is 8.94. The van der Waals surface area contributed by atoms with Gasteiger partial charge in [0.15, 0.2) is 0 Å². The van der Waals surface area contributed by atoms with E-state index in [1.165, 1.54) is 6.07 Å². The van der Waals surface area contributed by atoms with Gasteiger partial charge in [0, 0.05) is 12.2 Å². The molecule has 0 amide bonds. The van der Waals surface area contributed by atoms with Crippen molar-refractivity contribution in [2.75, 3.05) is 6.61 Å².